The lowest BCUT2D eigenvalue weighted by atomic mass is 9.92. The van der Waals surface area contributed by atoms with Crippen molar-refractivity contribution in [1.82, 2.24) is 4.57 Å². The first kappa shape index (κ1) is 32.9. The molecule has 0 saturated carbocycles. The number of rotatable bonds is 11. The van der Waals surface area contributed by atoms with E-state index in [-0.39, 0.29) is 23.7 Å². The van der Waals surface area contributed by atoms with Gasteiger partial charge in [-0.3, -0.25) is 29.6 Å². The third-order valence-electron chi connectivity index (χ3n) is 7.57. The highest BCUT2D eigenvalue weighted by atomic mass is 32.1. The molecule has 4 aromatic rings. The molecular formula is C34H32N4O8S. The van der Waals surface area contributed by atoms with E-state index in [0.29, 0.717) is 38.5 Å². The van der Waals surface area contributed by atoms with Crippen LogP contribution in [-0.4, -0.2) is 27.0 Å². The Balaban J connectivity index is 1.55. The van der Waals surface area contributed by atoms with Crippen molar-refractivity contribution in [1.29, 1.82) is 0 Å². The standard InChI is InChI=1S/C34H32N4O8S/c1-5-7-26-30(33(40)45-6-2)31(23-12-10-22(11-13-23)20(3)4)36-32(39)29(47-34(36)35-26)18-21-8-15-25(16-9-21)46-28-17-14-24(37(41)42)19-27(28)38(43)44/h8-20,31H,5-7H2,1-4H3/b29-18-/t31-/m1/s1. The van der Waals surface area contributed by atoms with Crippen LogP contribution in [0.2, 0.25) is 0 Å². The van der Waals surface area contributed by atoms with Crippen LogP contribution >= 0.6 is 11.3 Å². The summed E-state index contributed by atoms with van der Waals surface area (Å²) in [5.74, 6) is -0.0874. The van der Waals surface area contributed by atoms with Gasteiger partial charge in [0, 0.05) is 6.07 Å². The van der Waals surface area contributed by atoms with Crippen molar-refractivity contribution in [2.24, 2.45) is 4.99 Å². The molecule has 0 spiro atoms. The number of hydrogen-bond donors (Lipinski definition) is 0. The lowest BCUT2D eigenvalue weighted by molar-refractivity contribution is -0.394. The fourth-order valence-electron chi connectivity index (χ4n) is 5.26. The van der Waals surface area contributed by atoms with E-state index in [1.165, 1.54) is 17.4 Å². The quantitative estimate of drug-likeness (QED) is 0.103. The molecular weight excluding hydrogens is 624 g/mol. The fourth-order valence-corrected chi connectivity index (χ4v) is 6.28. The van der Waals surface area contributed by atoms with Crippen LogP contribution in [0.3, 0.4) is 0 Å². The molecule has 5 rings (SSSR count). The third-order valence-corrected chi connectivity index (χ3v) is 8.55. The van der Waals surface area contributed by atoms with Crippen LogP contribution < -0.4 is 19.6 Å². The SMILES string of the molecule is CCCC1=C(C(=O)OCC)[C@@H](c2ccc(C(C)C)cc2)n2c(s/c(=C\c3ccc(Oc4ccc([N+](=O)[O-])cc4[N+](=O)[O-])cc3)c2=O)=N1. The number of fused-ring (bicyclic) bond motifs is 1. The highest BCUT2D eigenvalue weighted by Crippen LogP contribution is 2.35. The molecule has 13 heteroatoms. The molecule has 0 radical (unpaired) electrons. The number of carbonyl (C=O) groups is 1. The summed E-state index contributed by atoms with van der Waals surface area (Å²) >= 11 is 1.22. The van der Waals surface area contributed by atoms with Gasteiger partial charge in [-0.15, -0.1) is 0 Å². The van der Waals surface area contributed by atoms with Crippen molar-refractivity contribution in [2.45, 2.75) is 52.5 Å². The molecule has 0 fully saturated rings. The monoisotopic (exact) mass is 656 g/mol. The molecule has 1 atom stereocenters. The third kappa shape index (κ3) is 6.89. The number of hydrogen-bond acceptors (Lipinski definition) is 10. The Morgan fingerprint density at radius 2 is 1.72 bits per heavy atom. The molecule has 1 aromatic heterocycles. The molecule has 1 aliphatic heterocycles. The molecule has 0 aliphatic carbocycles. The van der Waals surface area contributed by atoms with Crippen molar-refractivity contribution in [3.8, 4) is 11.5 Å². The number of non-ortho nitro benzene ring substituents is 1. The Bertz CT molecular complexity index is 2060. The Morgan fingerprint density at radius 1 is 1.02 bits per heavy atom. The van der Waals surface area contributed by atoms with E-state index in [9.17, 15) is 29.8 Å². The second kappa shape index (κ2) is 13.9. The van der Waals surface area contributed by atoms with Gasteiger partial charge in [0.1, 0.15) is 5.75 Å². The number of carbonyl (C=O) groups excluding carboxylic acids is 1. The second-order valence-electron chi connectivity index (χ2n) is 11.1. The molecule has 0 unspecified atom stereocenters. The van der Waals surface area contributed by atoms with E-state index in [1.807, 2.05) is 31.2 Å². The number of ether oxygens (including phenoxy) is 2. The van der Waals surface area contributed by atoms with Crippen molar-refractivity contribution in [3.05, 3.63) is 135 Å². The highest BCUT2D eigenvalue weighted by molar-refractivity contribution is 7.07. The highest BCUT2D eigenvalue weighted by Gasteiger charge is 2.34. The van der Waals surface area contributed by atoms with Gasteiger partial charge in [0.25, 0.3) is 11.2 Å². The number of esters is 1. The number of nitro groups is 2. The van der Waals surface area contributed by atoms with Crippen LogP contribution in [0.25, 0.3) is 6.08 Å². The number of benzene rings is 3. The summed E-state index contributed by atoms with van der Waals surface area (Å²) in [7, 11) is 0. The molecule has 0 N–H and O–H groups in total. The predicted octanol–water partition coefficient (Wildman–Crippen LogP) is 6.31. The van der Waals surface area contributed by atoms with E-state index in [0.717, 1.165) is 29.7 Å². The zero-order valence-corrected chi connectivity index (χ0v) is 27.0. The van der Waals surface area contributed by atoms with E-state index in [2.05, 4.69) is 13.8 Å². The number of thiazole rings is 1. The lowest BCUT2D eigenvalue weighted by Gasteiger charge is -2.26. The van der Waals surface area contributed by atoms with Gasteiger partial charge in [-0.25, -0.2) is 9.79 Å². The summed E-state index contributed by atoms with van der Waals surface area (Å²) in [5.41, 5.74) is 2.23. The minimum Gasteiger partial charge on any atom is -0.463 e. The van der Waals surface area contributed by atoms with Gasteiger partial charge in [-0.1, -0.05) is 74.9 Å². The van der Waals surface area contributed by atoms with E-state index < -0.39 is 33.2 Å². The summed E-state index contributed by atoms with van der Waals surface area (Å²) < 4.78 is 13.1. The Hall–Kier alpha value is -5.43. The summed E-state index contributed by atoms with van der Waals surface area (Å²) in [6.07, 6.45) is 2.98. The van der Waals surface area contributed by atoms with Crippen LogP contribution in [0.15, 0.2) is 87.8 Å². The number of nitro benzene ring substituents is 2. The number of aromatic nitrogens is 1. The van der Waals surface area contributed by atoms with Gasteiger partial charge in [-0.05, 0) is 60.2 Å². The second-order valence-corrected chi connectivity index (χ2v) is 12.1. The normalized spacial score (nSPS) is 14.5. The van der Waals surface area contributed by atoms with Gasteiger partial charge in [0.05, 0.1) is 44.4 Å². The molecule has 0 bridgehead atoms. The van der Waals surface area contributed by atoms with Crippen molar-refractivity contribution in [3.63, 3.8) is 0 Å². The predicted molar refractivity (Wildman–Crippen MR) is 176 cm³/mol. The van der Waals surface area contributed by atoms with E-state index in [1.54, 1.807) is 41.8 Å². The molecule has 242 valence electrons. The molecule has 47 heavy (non-hydrogen) atoms. The van der Waals surface area contributed by atoms with E-state index in [4.69, 9.17) is 14.5 Å². The maximum atomic E-state index is 14.0. The minimum atomic E-state index is -0.748. The molecule has 0 saturated heterocycles. The zero-order chi connectivity index (χ0) is 33.8. The van der Waals surface area contributed by atoms with Gasteiger partial charge in [-0.2, -0.15) is 0 Å². The van der Waals surface area contributed by atoms with Gasteiger partial charge in [0.2, 0.25) is 5.75 Å². The maximum Gasteiger partial charge on any atom is 0.338 e. The summed E-state index contributed by atoms with van der Waals surface area (Å²) in [5, 5.41) is 22.5. The number of allylic oxidation sites excluding steroid dienone is 1. The fraction of sp³-hybridized carbons (Fsp3) is 0.265. The van der Waals surface area contributed by atoms with Crippen LogP contribution in [-0.2, 0) is 9.53 Å². The van der Waals surface area contributed by atoms with Crippen molar-refractivity contribution >= 4 is 34.8 Å². The Morgan fingerprint density at radius 3 is 2.32 bits per heavy atom. The lowest BCUT2D eigenvalue weighted by Crippen LogP contribution is -2.40. The van der Waals surface area contributed by atoms with Crippen molar-refractivity contribution < 1.29 is 24.1 Å². The Labute approximate surface area is 273 Å². The summed E-state index contributed by atoms with van der Waals surface area (Å²) in [6, 6.07) is 16.8. The molecule has 12 nitrogen and oxygen atoms in total. The first-order chi connectivity index (χ1) is 22.5. The average Bonchev–Trinajstić information content (AvgIpc) is 3.35. The minimum absolute atomic E-state index is 0.150. The zero-order valence-electron chi connectivity index (χ0n) is 26.2. The van der Waals surface area contributed by atoms with E-state index >= 15 is 0 Å². The average molecular weight is 657 g/mol. The summed E-state index contributed by atoms with van der Waals surface area (Å²) in [6.45, 7) is 8.12. The first-order valence-corrected chi connectivity index (χ1v) is 15.9. The van der Waals surface area contributed by atoms with Gasteiger partial charge < -0.3 is 9.47 Å². The first-order valence-electron chi connectivity index (χ1n) is 15.0. The van der Waals surface area contributed by atoms with Gasteiger partial charge >= 0.3 is 11.7 Å². The largest absolute Gasteiger partial charge is 0.463 e. The van der Waals surface area contributed by atoms with Gasteiger partial charge in [0.15, 0.2) is 4.80 Å². The smallest absolute Gasteiger partial charge is 0.338 e. The number of nitrogens with zero attached hydrogens (tertiary/aromatic N) is 4. The van der Waals surface area contributed by atoms with Crippen LogP contribution in [0.1, 0.15) is 69.2 Å². The summed E-state index contributed by atoms with van der Waals surface area (Å²) in [4.78, 5) is 53.7. The topological polar surface area (TPSA) is 156 Å². The molecule has 0 amide bonds. The van der Waals surface area contributed by atoms with Crippen LogP contribution in [0.4, 0.5) is 11.4 Å². The molecule has 2 heterocycles. The van der Waals surface area contributed by atoms with Crippen molar-refractivity contribution in [2.75, 3.05) is 6.61 Å². The molecule has 1 aliphatic rings. The molecule has 3 aromatic carbocycles. The maximum absolute atomic E-state index is 14.0. The van der Waals surface area contributed by atoms with Crippen LogP contribution in [0, 0.1) is 20.2 Å². The Kier molecular flexibility index (Phi) is 9.75. The van der Waals surface area contributed by atoms with Crippen LogP contribution in [0.5, 0.6) is 11.5 Å².